The number of benzene rings is 1. The molecular weight excluding hydrogens is 191 g/mol. The van der Waals surface area contributed by atoms with Crippen molar-refractivity contribution in [2.75, 3.05) is 6.61 Å². The third-order valence-electron chi connectivity index (χ3n) is 3.27. The molecule has 0 aliphatic carbocycles. The largest absolute Gasteiger partial charge is 0.493 e. The molecule has 1 heterocycles. The molecule has 2 heteroatoms. The summed E-state index contributed by atoms with van der Waals surface area (Å²) in [7, 11) is 0. The summed E-state index contributed by atoms with van der Waals surface area (Å²) >= 11 is 0. The lowest BCUT2D eigenvalue weighted by molar-refractivity contribution is 0.245. The standard InChI is InChI=1S/C13H17FO/c1-8(2)10-6-7-15-12-5-4-11(14)9(3)13(10)12/h4-5,8,10H,6-7H2,1-3H3. The fourth-order valence-electron chi connectivity index (χ4n) is 2.37. The van der Waals surface area contributed by atoms with E-state index in [1.54, 1.807) is 6.07 Å². The van der Waals surface area contributed by atoms with Gasteiger partial charge in [0, 0.05) is 5.56 Å². The SMILES string of the molecule is Cc1c(F)ccc2c1C(C(C)C)CCO2. The van der Waals surface area contributed by atoms with Crippen molar-refractivity contribution in [3.05, 3.63) is 29.1 Å². The van der Waals surface area contributed by atoms with Gasteiger partial charge in [-0.25, -0.2) is 4.39 Å². The van der Waals surface area contributed by atoms with Gasteiger partial charge >= 0.3 is 0 Å². The average Bonchev–Trinajstić information content (AvgIpc) is 2.23. The van der Waals surface area contributed by atoms with Crippen LogP contribution >= 0.6 is 0 Å². The first kappa shape index (κ1) is 10.5. The van der Waals surface area contributed by atoms with Crippen LogP contribution in [0.15, 0.2) is 12.1 Å². The van der Waals surface area contributed by atoms with E-state index in [1.165, 1.54) is 6.07 Å². The van der Waals surface area contributed by atoms with Gasteiger partial charge in [-0.3, -0.25) is 0 Å². The molecule has 1 aliphatic rings. The minimum absolute atomic E-state index is 0.120. The monoisotopic (exact) mass is 208 g/mol. The summed E-state index contributed by atoms with van der Waals surface area (Å²) in [6, 6.07) is 3.25. The summed E-state index contributed by atoms with van der Waals surface area (Å²) in [5.74, 6) is 1.72. The Morgan fingerprint density at radius 1 is 1.40 bits per heavy atom. The average molecular weight is 208 g/mol. The molecule has 0 saturated carbocycles. The Hall–Kier alpha value is -1.05. The first-order valence-corrected chi connectivity index (χ1v) is 5.53. The Bertz CT molecular complexity index is 371. The number of rotatable bonds is 1. The summed E-state index contributed by atoms with van der Waals surface area (Å²) < 4.78 is 19.1. The van der Waals surface area contributed by atoms with Gasteiger partial charge in [0.05, 0.1) is 6.61 Å². The maximum atomic E-state index is 13.5. The molecule has 15 heavy (non-hydrogen) atoms. The smallest absolute Gasteiger partial charge is 0.126 e. The zero-order chi connectivity index (χ0) is 11.0. The summed E-state index contributed by atoms with van der Waals surface area (Å²) in [5, 5.41) is 0. The molecule has 0 amide bonds. The molecule has 0 radical (unpaired) electrons. The molecule has 1 aromatic rings. The lowest BCUT2D eigenvalue weighted by atomic mass is 9.82. The minimum Gasteiger partial charge on any atom is -0.493 e. The summed E-state index contributed by atoms with van der Waals surface area (Å²) in [6.07, 6.45) is 0.995. The first-order chi connectivity index (χ1) is 7.11. The summed E-state index contributed by atoms with van der Waals surface area (Å²) in [4.78, 5) is 0. The molecule has 1 nitrogen and oxygen atoms in total. The van der Waals surface area contributed by atoms with Crippen LogP contribution in [0.4, 0.5) is 4.39 Å². The molecule has 1 atom stereocenters. The molecule has 2 rings (SSSR count). The Kier molecular flexibility index (Phi) is 2.68. The van der Waals surface area contributed by atoms with Crippen LogP contribution in [0.1, 0.15) is 37.3 Å². The van der Waals surface area contributed by atoms with E-state index in [9.17, 15) is 4.39 Å². The Labute approximate surface area is 90.3 Å². The van der Waals surface area contributed by atoms with E-state index < -0.39 is 0 Å². The molecule has 1 aromatic carbocycles. The van der Waals surface area contributed by atoms with E-state index in [4.69, 9.17) is 4.74 Å². The highest BCUT2D eigenvalue weighted by atomic mass is 19.1. The van der Waals surface area contributed by atoms with E-state index >= 15 is 0 Å². The van der Waals surface area contributed by atoms with Crippen LogP contribution in [0.3, 0.4) is 0 Å². The predicted octanol–water partition coefficient (Wildman–Crippen LogP) is 3.66. The highest BCUT2D eigenvalue weighted by Crippen LogP contribution is 2.40. The molecule has 0 spiro atoms. The highest BCUT2D eigenvalue weighted by molar-refractivity contribution is 5.44. The van der Waals surface area contributed by atoms with Crippen LogP contribution in [0.2, 0.25) is 0 Å². The van der Waals surface area contributed by atoms with Gasteiger partial charge in [-0.2, -0.15) is 0 Å². The number of hydrogen-bond acceptors (Lipinski definition) is 1. The van der Waals surface area contributed by atoms with E-state index in [1.807, 2.05) is 6.92 Å². The van der Waals surface area contributed by atoms with Crippen LogP contribution in [-0.2, 0) is 0 Å². The second-order valence-electron chi connectivity index (χ2n) is 4.57. The van der Waals surface area contributed by atoms with Crippen LogP contribution < -0.4 is 4.74 Å². The lowest BCUT2D eigenvalue weighted by Gasteiger charge is -2.30. The van der Waals surface area contributed by atoms with Gasteiger partial charge in [0.2, 0.25) is 0 Å². The summed E-state index contributed by atoms with van der Waals surface area (Å²) in [5.41, 5.74) is 1.84. The Balaban J connectivity index is 2.53. The zero-order valence-corrected chi connectivity index (χ0v) is 9.51. The first-order valence-electron chi connectivity index (χ1n) is 5.53. The zero-order valence-electron chi connectivity index (χ0n) is 9.51. The second-order valence-corrected chi connectivity index (χ2v) is 4.57. The quantitative estimate of drug-likeness (QED) is 0.684. The molecule has 0 aromatic heterocycles. The molecule has 0 bridgehead atoms. The van der Waals surface area contributed by atoms with Gasteiger partial charge < -0.3 is 4.74 Å². The maximum absolute atomic E-state index is 13.5. The molecule has 82 valence electrons. The van der Waals surface area contributed by atoms with Crippen molar-refractivity contribution in [3.63, 3.8) is 0 Å². The molecular formula is C13H17FO. The van der Waals surface area contributed by atoms with Gasteiger partial charge in [0.15, 0.2) is 0 Å². The van der Waals surface area contributed by atoms with Crippen molar-refractivity contribution in [1.29, 1.82) is 0 Å². The van der Waals surface area contributed by atoms with Crippen molar-refractivity contribution in [1.82, 2.24) is 0 Å². The number of ether oxygens (including phenoxy) is 1. The maximum Gasteiger partial charge on any atom is 0.126 e. The molecule has 0 N–H and O–H groups in total. The van der Waals surface area contributed by atoms with Crippen LogP contribution in [0, 0.1) is 18.7 Å². The van der Waals surface area contributed by atoms with Crippen molar-refractivity contribution >= 4 is 0 Å². The van der Waals surface area contributed by atoms with Gasteiger partial charge in [0.1, 0.15) is 11.6 Å². The van der Waals surface area contributed by atoms with E-state index in [0.717, 1.165) is 29.9 Å². The van der Waals surface area contributed by atoms with Gasteiger partial charge in [0.25, 0.3) is 0 Å². The van der Waals surface area contributed by atoms with Crippen LogP contribution in [0.5, 0.6) is 5.75 Å². The van der Waals surface area contributed by atoms with E-state index in [2.05, 4.69) is 13.8 Å². The van der Waals surface area contributed by atoms with Crippen LogP contribution in [-0.4, -0.2) is 6.61 Å². The molecule has 1 aliphatic heterocycles. The second kappa shape index (κ2) is 3.84. The van der Waals surface area contributed by atoms with Gasteiger partial charge in [-0.15, -0.1) is 0 Å². The predicted molar refractivity (Wildman–Crippen MR) is 58.8 cm³/mol. The minimum atomic E-state index is -0.120. The van der Waals surface area contributed by atoms with Crippen LogP contribution in [0.25, 0.3) is 0 Å². The van der Waals surface area contributed by atoms with Crippen molar-refractivity contribution < 1.29 is 9.13 Å². The third kappa shape index (κ3) is 1.73. The fraction of sp³-hybridized carbons (Fsp3) is 0.538. The molecule has 0 saturated heterocycles. The van der Waals surface area contributed by atoms with Crippen molar-refractivity contribution in [3.8, 4) is 5.75 Å². The van der Waals surface area contributed by atoms with E-state index in [0.29, 0.717) is 11.8 Å². The fourth-order valence-corrected chi connectivity index (χ4v) is 2.37. The number of hydrogen-bond donors (Lipinski definition) is 0. The highest BCUT2D eigenvalue weighted by Gasteiger charge is 2.26. The Morgan fingerprint density at radius 3 is 2.80 bits per heavy atom. The molecule has 1 unspecified atom stereocenters. The van der Waals surface area contributed by atoms with Gasteiger partial charge in [-0.1, -0.05) is 13.8 Å². The van der Waals surface area contributed by atoms with Crippen molar-refractivity contribution in [2.45, 2.75) is 33.1 Å². The normalized spacial score (nSPS) is 19.9. The Morgan fingerprint density at radius 2 is 2.13 bits per heavy atom. The topological polar surface area (TPSA) is 9.23 Å². The van der Waals surface area contributed by atoms with Gasteiger partial charge in [-0.05, 0) is 42.9 Å². The summed E-state index contributed by atoms with van der Waals surface area (Å²) in [6.45, 7) is 6.97. The van der Waals surface area contributed by atoms with E-state index in [-0.39, 0.29) is 5.82 Å². The van der Waals surface area contributed by atoms with Crippen molar-refractivity contribution in [2.24, 2.45) is 5.92 Å². The molecule has 0 fully saturated rings. The number of fused-ring (bicyclic) bond motifs is 1. The third-order valence-corrected chi connectivity index (χ3v) is 3.27. The lowest BCUT2D eigenvalue weighted by Crippen LogP contribution is -2.19. The number of halogens is 1.